The van der Waals surface area contributed by atoms with Crippen molar-refractivity contribution in [2.45, 2.75) is 38.6 Å². The van der Waals surface area contributed by atoms with Gasteiger partial charge in [0, 0.05) is 37.7 Å². The molecule has 0 aliphatic carbocycles. The van der Waals surface area contributed by atoms with Crippen LogP contribution in [0.1, 0.15) is 41.0 Å². The molecule has 2 aromatic heterocycles. The van der Waals surface area contributed by atoms with Gasteiger partial charge in [0.05, 0.1) is 0 Å². The van der Waals surface area contributed by atoms with Gasteiger partial charge in [-0.3, -0.25) is 14.5 Å². The average Bonchev–Trinajstić information content (AvgIpc) is 3.13. The monoisotopic (exact) mass is 298 g/mol. The minimum absolute atomic E-state index is 0.0639. The van der Waals surface area contributed by atoms with Gasteiger partial charge in [-0.1, -0.05) is 0 Å². The first-order valence-electron chi connectivity index (χ1n) is 7.85. The fraction of sp³-hybridized carbons (Fsp3) is 0.471. The van der Waals surface area contributed by atoms with Gasteiger partial charge in [0.2, 0.25) is 0 Å². The summed E-state index contributed by atoms with van der Waals surface area (Å²) in [5.41, 5.74) is 2.89. The van der Waals surface area contributed by atoms with Crippen LogP contribution in [0.4, 0.5) is 0 Å². The van der Waals surface area contributed by atoms with Crippen LogP contribution in [0.3, 0.4) is 0 Å². The standard InChI is InChI=1S/C17H22N4O/c1-13-12-14(7-9-18-13)5-6-15-4-3-10-21(15)17(22)16-8-11-20(2)19-16/h7-9,11-12,15H,3-6,10H2,1-2H3. The largest absolute Gasteiger partial charge is 0.334 e. The van der Waals surface area contributed by atoms with Crippen LogP contribution >= 0.6 is 0 Å². The molecule has 1 unspecified atom stereocenters. The van der Waals surface area contributed by atoms with Crippen LogP contribution in [0.2, 0.25) is 0 Å². The quantitative estimate of drug-likeness (QED) is 0.870. The Balaban J connectivity index is 1.64. The highest BCUT2D eigenvalue weighted by molar-refractivity contribution is 5.92. The number of aryl methyl sites for hydroxylation is 3. The van der Waals surface area contributed by atoms with Crippen molar-refractivity contribution in [3.05, 3.63) is 47.5 Å². The second kappa shape index (κ2) is 6.30. The smallest absolute Gasteiger partial charge is 0.274 e. The molecule has 1 saturated heterocycles. The summed E-state index contributed by atoms with van der Waals surface area (Å²) in [6.45, 7) is 2.85. The summed E-state index contributed by atoms with van der Waals surface area (Å²) in [7, 11) is 1.84. The zero-order valence-corrected chi connectivity index (χ0v) is 13.2. The normalized spacial score (nSPS) is 17.9. The van der Waals surface area contributed by atoms with E-state index >= 15 is 0 Å². The lowest BCUT2D eigenvalue weighted by molar-refractivity contribution is 0.0724. The van der Waals surface area contributed by atoms with Gasteiger partial charge in [-0.2, -0.15) is 5.10 Å². The lowest BCUT2D eigenvalue weighted by atomic mass is 10.0. The van der Waals surface area contributed by atoms with E-state index in [0.717, 1.165) is 37.9 Å². The molecular formula is C17H22N4O. The number of aromatic nitrogens is 3. The van der Waals surface area contributed by atoms with E-state index in [0.29, 0.717) is 11.7 Å². The molecule has 116 valence electrons. The van der Waals surface area contributed by atoms with E-state index in [-0.39, 0.29) is 5.91 Å². The predicted octanol–water partition coefficient (Wildman–Crippen LogP) is 2.36. The number of rotatable bonds is 4. The Hall–Kier alpha value is -2.17. The Labute approximate surface area is 131 Å². The second-order valence-corrected chi connectivity index (χ2v) is 6.01. The summed E-state index contributed by atoms with van der Waals surface area (Å²) in [5.74, 6) is 0.0639. The van der Waals surface area contributed by atoms with Crippen molar-refractivity contribution in [2.24, 2.45) is 7.05 Å². The van der Waals surface area contributed by atoms with Crippen molar-refractivity contribution in [3.63, 3.8) is 0 Å². The van der Waals surface area contributed by atoms with Crippen molar-refractivity contribution < 1.29 is 4.79 Å². The molecule has 1 atom stereocenters. The Morgan fingerprint density at radius 2 is 2.27 bits per heavy atom. The summed E-state index contributed by atoms with van der Waals surface area (Å²) in [6, 6.07) is 6.31. The third-order valence-electron chi connectivity index (χ3n) is 4.30. The van der Waals surface area contributed by atoms with Crippen LogP contribution < -0.4 is 0 Å². The highest BCUT2D eigenvalue weighted by Gasteiger charge is 2.30. The third-order valence-corrected chi connectivity index (χ3v) is 4.30. The number of hydrogen-bond acceptors (Lipinski definition) is 3. The van der Waals surface area contributed by atoms with Gasteiger partial charge in [-0.25, -0.2) is 0 Å². The van der Waals surface area contributed by atoms with Crippen LogP contribution in [0, 0.1) is 6.92 Å². The first-order valence-corrected chi connectivity index (χ1v) is 7.85. The van der Waals surface area contributed by atoms with Crippen molar-refractivity contribution in [2.75, 3.05) is 6.54 Å². The van der Waals surface area contributed by atoms with Crippen LogP contribution in [0.5, 0.6) is 0 Å². The molecular weight excluding hydrogens is 276 g/mol. The topological polar surface area (TPSA) is 51.0 Å². The summed E-state index contributed by atoms with van der Waals surface area (Å²) in [5, 5.41) is 4.24. The summed E-state index contributed by atoms with van der Waals surface area (Å²) >= 11 is 0. The highest BCUT2D eigenvalue weighted by Crippen LogP contribution is 2.23. The zero-order chi connectivity index (χ0) is 15.5. The molecule has 22 heavy (non-hydrogen) atoms. The minimum atomic E-state index is 0.0639. The van der Waals surface area contributed by atoms with E-state index < -0.39 is 0 Å². The molecule has 5 nitrogen and oxygen atoms in total. The first kappa shape index (κ1) is 14.8. The molecule has 0 aromatic carbocycles. The van der Waals surface area contributed by atoms with E-state index in [1.165, 1.54) is 5.56 Å². The van der Waals surface area contributed by atoms with Gasteiger partial charge in [0.25, 0.3) is 5.91 Å². The molecule has 0 saturated carbocycles. The van der Waals surface area contributed by atoms with Crippen molar-refractivity contribution in [3.8, 4) is 0 Å². The lowest BCUT2D eigenvalue weighted by Crippen LogP contribution is -2.36. The Morgan fingerprint density at radius 3 is 3.00 bits per heavy atom. The molecule has 2 aromatic rings. The number of hydrogen-bond donors (Lipinski definition) is 0. The Kier molecular flexibility index (Phi) is 4.22. The number of nitrogens with zero attached hydrogens (tertiary/aromatic N) is 4. The van der Waals surface area contributed by atoms with Crippen molar-refractivity contribution in [1.29, 1.82) is 0 Å². The van der Waals surface area contributed by atoms with Crippen LogP contribution in [0.25, 0.3) is 0 Å². The fourth-order valence-electron chi connectivity index (χ4n) is 3.17. The zero-order valence-electron chi connectivity index (χ0n) is 13.2. The molecule has 0 radical (unpaired) electrons. The van der Waals surface area contributed by atoms with Crippen LogP contribution in [-0.4, -0.2) is 38.2 Å². The predicted molar refractivity (Wildman–Crippen MR) is 84.6 cm³/mol. The summed E-state index contributed by atoms with van der Waals surface area (Å²) in [4.78, 5) is 18.8. The van der Waals surface area contributed by atoms with E-state index in [2.05, 4.69) is 22.2 Å². The minimum Gasteiger partial charge on any atom is -0.334 e. The third kappa shape index (κ3) is 3.18. The number of carbonyl (C=O) groups excluding carboxylic acids is 1. The average molecular weight is 298 g/mol. The van der Waals surface area contributed by atoms with Crippen molar-refractivity contribution >= 4 is 5.91 Å². The summed E-state index contributed by atoms with van der Waals surface area (Å²) in [6.07, 6.45) is 7.83. The number of pyridine rings is 1. The fourth-order valence-corrected chi connectivity index (χ4v) is 3.17. The van der Waals surface area contributed by atoms with Gasteiger partial charge < -0.3 is 4.90 Å². The maximum absolute atomic E-state index is 12.6. The maximum atomic E-state index is 12.6. The second-order valence-electron chi connectivity index (χ2n) is 6.01. The van der Waals surface area contributed by atoms with E-state index in [9.17, 15) is 4.79 Å². The molecule has 1 aliphatic rings. The highest BCUT2D eigenvalue weighted by atomic mass is 16.2. The van der Waals surface area contributed by atoms with Crippen LogP contribution in [0.15, 0.2) is 30.6 Å². The maximum Gasteiger partial charge on any atom is 0.274 e. The van der Waals surface area contributed by atoms with Crippen molar-refractivity contribution in [1.82, 2.24) is 19.7 Å². The van der Waals surface area contributed by atoms with Gasteiger partial charge in [-0.15, -0.1) is 0 Å². The first-order chi connectivity index (χ1) is 10.6. The molecule has 1 fully saturated rings. The Morgan fingerprint density at radius 1 is 1.41 bits per heavy atom. The van der Waals surface area contributed by atoms with E-state index in [1.807, 2.05) is 31.3 Å². The number of carbonyl (C=O) groups is 1. The van der Waals surface area contributed by atoms with Crippen LogP contribution in [-0.2, 0) is 13.5 Å². The molecule has 3 rings (SSSR count). The summed E-state index contributed by atoms with van der Waals surface area (Å²) < 4.78 is 1.68. The van der Waals surface area contributed by atoms with Gasteiger partial charge in [0.1, 0.15) is 5.69 Å². The molecule has 1 amide bonds. The molecule has 3 heterocycles. The van der Waals surface area contributed by atoms with E-state index in [4.69, 9.17) is 0 Å². The van der Waals surface area contributed by atoms with Gasteiger partial charge >= 0.3 is 0 Å². The van der Waals surface area contributed by atoms with E-state index in [1.54, 1.807) is 10.7 Å². The molecule has 1 aliphatic heterocycles. The molecule has 0 spiro atoms. The Bertz CT molecular complexity index is 664. The number of likely N-dealkylation sites (tertiary alicyclic amines) is 1. The lowest BCUT2D eigenvalue weighted by Gasteiger charge is -2.24. The number of amides is 1. The molecule has 0 N–H and O–H groups in total. The molecule has 0 bridgehead atoms. The molecule has 5 heteroatoms. The van der Waals surface area contributed by atoms with Gasteiger partial charge in [-0.05, 0) is 56.4 Å². The SMILES string of the molecule is Cc1cc(CCC2CCCN2C(=O)c2ccn(C)n2)ccn1. The van der Waals surface area contributed by atoms with Gasteiger partial charge in [0.15, 0.2) is 0 Å².